The summed E-state index contributed by atoms with van der Waals surface area (Å²) in [5, 5.41) is 10.7. The quantitative estimate of drug-likeness (QED) is 0.359. The summed E-state index contributed by atoms with van der Waals surface area (Å²) in [4.78, 5) is 0. The van der Waals surface area contributed by atoms with Crippen LogP contribution >= 0.6 is 14.3 Å². The topological polar surface area (TPSA) is 54.4 Å². The molecule has 0 aromatic rings. The van der Waals surface area contributed by atoms with Crippen LogP contribution in [0.2, 0.25) is 0 Å². The van der Waals surface area contributed by atoms with Crippen molar-refractivity contribution in [3.63, 3.8) is 0 Å². The van der Waals surface area contributed by atoms with Gasteiger partial charge in [0.05, 0.1) is 0 Å². The van der Waals surface area contributed by atoms with Gasteiger partial charge in [-0.05, 0) is 43.4 Å². The van der Waals surface area contributed by atoms with Gasteiger partial charge in [-0.3, -0.25) is 0 Å². The van der Waals surface area contributed by atoms with Gasteiger partial charge in [-0.2, -0.15) is 0 Å². The van der Waals surface area contributed by atoms with Crippen molar-refractivity contribution < 1.29 is 14.2 Å². The van der Waals surface area contributed by atoms with E-state index in [1.165, 1.54) is 18.4 Å². The minimum Gasteiger partial charge on any atom is -0.374 e. The van der Waals surface area contributed by atoms with Crippen LogP contribution in [0.25, 0.3) is 0 Å². The Bertz CT molecular complexity index is 635. The molecule has 0 aromatic heterocycles. The van der Waals surface area contributed by atoms with Crippen LogP contribution in [0.1, 0.15) is 80.6 Å². The summed E-state index contributed by atoms with van der Waals surface area (Å²) in [7, 11) is -5.95. The summed E-state index contributed by atoms with van der Waals surface area (Å²) < 4.78 is 28.1. The predicted octanol–water partition coefficient (Wildman–Crippen LogP) is 6.99. The Morgan fingerprint density at radius 2 is 1.48 bits per heavy atom. The van der Waals surface area contributed by atoms with Gasteiger partial charge in [0.15, 0.2) is 5.08 Å². The van der Waals surface area contributed by atoms with Gasteiger partial charge in [0, 0.05) is 30.6 Å². The fraction of sp³-hybridized carbons (Fsp3) is 0.909. The lowest BCUT2D eigenvalue weighted by molar-refractivity contribution is 0.0854. The van der Waals surface area contributed by atoms with Crippen molar-refractivity contribution >= 4 is 14.3 Å². The highest BCUT2D eigenvalue weighted by Gasteiger charge is 2.61. The molecular weight excluding hydrogens is 374 g/mol. The van der Waals surface area contributed by atoms with Crippen molar-refractivity contribution in [2.24, 2.45) is 17.3 Å². The van der Waals surface area contributed by atoms with Crippen LogP contribution in [0.15, 0.2) is 11.1 Å². The van der Waals surface area contributed by atoms with Crippen LogP contribution < -0.4 is 0 Å². The zero-order valence-corrected chi connectivity index (χ0v) is 20.5. The molecule has 27 heavy (non-hydrogen) atoms. The largest absolute Gasteiger partial charge is 0.374 e. The van der Waals surface area contributed by atoms with Gasteiger partial charge < -0.3 is 14.2 Å². The second-order valence-corrected chi connectivity index (χ2v) is 17.3. The Hall–Kier alpha value is 0.160. The Labute approximate surface area is 167 Å². The number of allylic oxidation sites excluding steroid dienone is 2. The molecule has 0 amide bonds. The molecule has 0 heterocycles. The molecule has 0 aromatic carbocycles. The van der Waals surface area contributed by atoms with E-state index in [1.807, 2.05) is 27.7 Å². The SMILES string of the molecule is CCP(=O)(CC)C(O)(C1CC2=C(CC1C)C(C)(C)CCC2)P(=O)(CC)CC. The van der Waals surface area contributed by atoms with E-state index in [-0.39, 0.29) is 17.3 Å². The van der Waals surface area contributed by atoms with Crippen molar-refractivity contribution in [1.82, 2.24) is 0 Å². The first-order valence-electron chi connectivity index (χ1n) is 11.1. The van der Waals surface area contributed by atoms with E-state index in [2.05, 4.69) is 20.8 Å². The van der Waals surface area contributed by atoms with E-state index in [0.717, 1.165) is 19.3 Å². The second kappa shape index (κ2) is 8.12. The smallest absolute Gasteiger partial charge is 0.173 e. The van der Waals surface area contributed by atoms with Gasteiger partial charge >= 0.3 is 0 Å². The lowest BCUT2D eigenvalue weighted by Crippen LogP contribution is -2.46. The zero-order chi connectivity index (χ0) is 20.7. The molecule has 0 fully saturated rings. The molecule has 0 spiro atoms. The Balaban J connectivity index is 2.63. The van der Waals surface area contributed by atoms with Crippen LogP contribution in [0.3, 0.4) is 0 Å². The summed E-state index contributed by atoms with van der Waals surface area (Å²) in [6.45, 7) is 14.5. The van der Waals surface area contributed by atoms with Crippen molar-refractivity contribution in [3.05, 3.63) is 11.1 Å². The highest BCUT2D eigenvalue weighted by Crippen LogP contribution is 2.78. The molecule has 3 nitrogen and oxygen atoms in total. The molecule has 2 rings (SSSR count). The molecule has 158 valence electrons. The number of hydrogen-bond donors (Lipinski definition) is 1. The summed E-state index contributed by atoms with van der Waals surface area (Å²) in [5.74, 6) is 0.0607. The van der Waals surface area contributed by atoms with E-state index in [0.29, 0.717) is 24.6 Å². The van der Waals surface area contributed by atoms with E-state index in [9.17, 15) is 14.2 Å². The van der Waals surface area contributed by atoms with Gasteiger partial charge in [0.1, 0.15) is 14.3 Å². The van der Waals surface area contributed by atoms with Crippen LogP contribution in [0.5, 0.6) is 0 Å². The first-order valence-corrected chi connectivity index (χ1v) is 15.2. The standard InChI is InChI=1S/C22H42O3P2/c1-8-26(24,9-2)22(23,27(25,10-3)11-4)19-16-18-13-12-14-21(6,7)20(18)15-17(19)5/h17,19,23H,8-16H2,1-7H3. The summed E-state index contributed by atoms with van der Waals surface area (Å²) in [6.07, 6.45) is 6.97. The fourth-order valence-electron chi connectivity index (χ4n) is 5.93. The van der Waals surface area contributed by atoms with Gasteiger partial charge in [0.2, 0.25) is 0 Å². The van der Waals surface area contributed by atoms with Gasteiger partial charge in [0.25, 0.3) is 0 Å². The Morgan fingerprint density at radius 1 is 1.00 bits per heavy atom. The van der Waals surface area contributed by atoms with Crippen LogP contribution in [-0.4, -0.2) is 34.8 Å². The van der Waals surface area contributed by atoms with Gasteiger partial charge in [-0.1, -0.05) is 59.6 Å². The first-order chi connectivity index (χ1) is 12.5. The first kappa shape index (κ1) is 23.4. The van der Waals surface area contributed by atoms with E-state index < -0.39 is 19.4 Å². The van der Waals surface area contributed by atoms with E-state index in [4.69, 9.17) is 0 Å². The summed E-state index contributed by atoms with van der Waals surface area (Å²) in [5.41, 5.74) is 3.25. The summed E-state index contributed by atoms with van der Waals surface area (Å²) >= 11 is 0. The molecular formula is C22H42O3P2. The Kier molecular flexibility index (Phi) is 7.05. The third-order valence-corrected chi connectivity index (χ3v) is 17.3. The van der Waals surface area contributed by atoms with Crippen molar-refractivity contribution in [2.75, 3.05) is 24.6 Å². The van der Waals surface area contributed by atoms with Crippen molar-refractivity contribution in [3.8, 4) is 0 Å². The average molecular weight is 417 g/mol. The minimum atomic E-state index is -2.97. The summed E-state index contributed by atoms with van der Waals surface area (Å²) in [6, 6.07) is 0. The average Bonchev–Trinajstić information content (AvgIpc) is 2.65. The van der Waals surface area contributed by atoms with Crippen LogP contribution in [-0.2, 0) is 9.13 Å². The van der Waals surface area contributed by atoms with Gasteiger partial charge in [-0.25, -0.2) is 0 Å². The molecule has 2 aliphatic carbocycles. The molecule has 0 saturated heterocycles. The molecule has 2 unspecified atom stereocenters. The maximum Gasteiger partial charge on any atom is 0.173 e. The minimum absolute atomic E-state index is 0.151. The van der Waals surface area contributed by atoms with Crippen LogP contribution in [0.4, 0.5) is 0 Å². The van der Waals surface area contributed by atoms with Crippen molar-refractivity contribution in [1.29, 1.82) is 0 Å². The number of rotatable bonds is 7. The monoisotopic (exact) mass is 416 g/mol. The maximum absolute atomic E-state index is 14.0. The van der Waals surface area contributed by atoms with Crippen LogP contribution in [0, 0.1) is 17.3 Å². The fourth-order valence-corrected chi connectivity index (χ4v) is 14.9. The highest BCUT2D eigenvalue weighted by molar-refractivity contribution is 7.82. The lowest BCUT2D eigenvalue weighted by atomic mass is 9.63. The third kappa shape index (κ3) is 3.60. The molecule has 1 N–H and O–H groups in total. The molecule has 0 bridgehead atoms. The number of hydrogen-bond acceptors (Lipinski definition) is 3. The second-order valence-electron chi connectivity index (χ2n) is 9.54. The maximum atomic E-state index is 14.0. The molecule has 0 aliphatic heterocycles. The lowest BCUT2D eigenvalue weighted by Gasteiger charge is -2.52. The highest BCUT2D eigenvalue weighted by atomic mass is 31.2. The van der Waals surface area contributed by atoms with Gasteiger partial charge in [-0.15, -0.1) is 0 Å². The predicted molar refractivity (Wildman–Crippen MR) is 119 cm³/mol. The van der Waals surface area contributed by atoms with E-state index >= 15 is 0 Å². The normalized spacial score (nSPS) is 26.8. The molecule has 0 saturated carbocycles. The number of aliphatic hydroxyl groups is 1. The third-order valence-electron chi connectivity index (χ3n) is 7.94. The zero-order valence-electron chi connectivity index (χ0n) is 18.7. The molecule has 5 heteroatoms. The van der Waals surface area contributed by atoms with Crippen molar-refractivity contribution in [2.45, 2.75) is 85.7 Å². The Morgan fingerprint density at radius 3 is 1.93 bits per heavy atom. The molecule has 2 aliphatic rings. The van der Waals surface area contributed by atoms with E-state index in [1.54, 1.807) is 5.57 Å². The molecule has 0 radical (unpaired) electrons. The molecule has 2 atom stereocenters.